The van der Waals surface area contributed by atoms with Gasteiger partial charge in [0.05, 0.1) is 6.20 Å². The number of amides is 4. The van der Waals surface area contributed by atoms with E-state index in [4.69, 9.17) is 0 Å². The molecule has 3 aromatic rings. The van der Waals surface area contributed by atoms with Crippen LogP contribution in [0.1, 0.15) is 51.0 Å². The van der Waals surface area contributed by atoms with Gasteiger partial charge in [-0.05, 0) is 48.6 Å². The van der Waals surface area contributed by atoms with E-state index >= 15 is 0 Å². The van der Waals surface area contributed by atoms with Crippen molar-refractivity contribution in [3.8, 4) is 0 Å². The number of rotatable bonds is 12. The van der Waals surface area contributed by atoms with Gasteiger partial charge in [0, 0.05) is 63.5 Å². The maximum atomic E-state index is 13.8. The van der Waals surface area contributed by atoms with E-state index < -0.39 is 12.1 Å². The standard InChI is InChI=1S/C35H45N7O4/c1-3-31(44)38-30(35(46)41-22-20-40(21-23-41)29-12-8-5-9-13-29)24-26-14-16-28(17-15-26)37-34(45)33(27-10-6-4-7-11-27)42(25-43)32-18-19-36-39(32)2/h5,8-9,12-19,25,27,30,33H,3-4,6-7,10-11,20-24H2,1-2H3,(H,37,45)(H,38,44)/t30-,33+/m1/s1. The van der Waals surface area contributed by atoms with Crippen LogP contribution >= 0.6 is 0 Å². The van der Waals surface area contributed by atoms with Crippen LogP contribution in [0, 0.1) is 5.92 Å². The number of hydrogen-bond donors (Lipinski definition) is 2. The van der Waals surface area contributed by atoms with E-state index in [0.29, 0.717) is 31.0 Å². The maximum Gasteiger partial charge on any atom is 0.247 e. The van der Waals surface area contributed by atoms with Crippen LogP contribution in [0.25, 0.3) is 0 Å². The van der Waals surface area contributed by atoms with Crippen molar-refractivity contribution in [1.29, 1.82) is 0 Å². The smallest absolute Gasteiger partial charge is 0.247 e. The fourth-order valence-electron chi connectivity index (χ4n) is 6.62. The first-order valence-corrected chi connectivity index (χ1v) is 16.4. The topological polar surface area (TPSA) is 120 Å². The van der Waals surface area contributed by atoms with Crippen LogP contribution in [0.3, 0.4) is 0 Å². The van der Waals surface area contributed by atoms with Crippen LogP contribution in [0.5, 0.6) is 0 Å². The number of piperazine rings is 1. The maximum absolute atomic E-state index is 13.8. The number of nitrogens with zero attached hydrogens (tertiary/aromatic N) is 5. The molecule has 1 aliphatic carbocycles. The third-order valence-electron chi connectivity index (χ3n) is 9.17. The van der Waals surface area contributed by atoms with Gasteiger partial charge in [-0.1, -0.05) is 56.5 Å². The molecule has 0 spiro atoms. The molecule has 1 saturated carbocycles. The Balaban J connectivity index is 1.25. The minimum absolute atomic E-state index is 0.0385. The molecule has 0 radical (unpaired) electrons. The van der Waals surface area contributed by atoms with Crippen LogP contribution < -0.4 is 20.4 Å². The summed E-state index contributed by atoms with van der Waals surface area (Å²) in [5.41, 5.74) is 2.60. The molecule has 2 heterocycles. The highest BCUT2D eigenvalue weighted by Gasteiger charge is 2.36. The van der Waals surface area contributed by atoms with E-state index in [1.807, 2.05) is 47.4 Å². The van der Waals surface area contributed by atoms with E-state index in [2.05, 4.69) is 32.8 Å². The molecule has 2 fully saturated rings. The quantitative estimate of drug-likeness (QED) is 0.295. The molecule has 11 nitrogen and oxygen atoms in total. The van der Waals surface area contributed by atoms with Crippen LogP contribution in [0.15, 0.2) is 66.9 Å². The van der Waals surface area contributed by atoms with E-state index in [1.54, 1.807) is 30.9 Å². The van der Waals surface area contributed by atoms with Crippen molar-refractivity contribution in [3.63, 3.8) is 0 Å². The highest BCUT2D eigenvalue weighted by Crippen LogP contribution is 2.31. The molecule has 0 unspecified atom stereocenters. The number of nitrogens with one attached hydrogen (secondary N) is 2. The van der Waals surface area contributed by atoms with Crippen LogP contribution in [0.2, 0.25) is 0 Å². The Bertz CT molecular complexity index is 1460. The minimum atomic E-state index is -0.688. The number of anilines is 3. The number of benzene rings is 2. The normalized spacial score (nSPS) is 16.7. The van der Waals surface area contributed by atoms with Gasteiger partial charge < -0.3 is 20.4 Å². The SMILES string of the molecule is CCC(=O)N[C@H](Cc1ccc(NC(=O)[C@H](C2CCCCC2)N(C=O)c2ccnn2C)cc1)C(=O)N1CCN(c2ccccc2)CC1. The summed E-state index contributed by atoms with van der Waals surface area (Å²) in [6.07, 6.45) is 7.90. The lowest BCUT2D eigenvalue weighted by Crippen LogP contribution is -2.55. The van der Waals surface area contributed by atoms with E-state index in [1.165, 1.54) is 4.90 Å². The number of carbonyl (C=O) groups is 4. The first-order valence-electron chi connectivity index (χ1n) is 16.4. The van der Waals surface area contributed by atoms with Crippen molar-refractivity contribution < 1.29 is 19.2 Å². The lowest BCUT2D eigenvalue weighted by Gasteiger charge is -2.37. The second-order valence-electron chi connectivity index (χ2n) is 12.2. The molecule has 11 heteroatoms. The molecular weight excluding hydrogens is 582 g/mol. The van der Waals surface area contributed by atoms with E-state index in [9.17, 15) is 19.2 Å². The number of aromatic nitrogens is 2. The first kappa shape index (κ1) is 32.7. The van der Waals surface area contributed by atoms with Crippen molar-refractivity contribution in [2.24, 2.45) is 13.0 Å². The molecule has 2 N–H and O–H groups in total. The summed E-state index contributed by atoms with van der Waals surface area (Å²) in [4.78, 5) is 57.8. The molecule has 2 aromatic carbocycles. The van der Waals surface area contributed by atoms with Gasteiger partial charge in [0.25, 0.3) is 0 Å². The highest BCUT2D eigenvalue weighted by molar-refractivity contribution is 6.00. The molecule has 1 aliphatic heterocycles. The van der Waals surface area contributed by atoms with Gasteiger partial charge in [-0.3, -0.25) is 28.8 Å². The van der Waals surface area contributed by atoms with Crippen LogP contribution in [-0.4, -0.2) is 77.1 Å². The number of para-hydroxylation sites is 1. The number of hydrogen-bond acceptors (Lipinski definition) is 6. The summed E-state index contributed by atoms with van der Waals surface area (Å²) in [5.74, 6) is 0.100. The zero-order chi connectivity index (χ0) is 32.5. The van der Waals surface area contributed by atoms with Crippen LogP contribution in [-0.2, 0) is 32.6 Å². The van der Waals surface area contributed by atoms with Crippen molar-refractivity contribution in [2.45, 2.75) is 64.0 Å². The Morgan fingerprint density at radius 1 is 0.957 bits per heavy atom. The molecule has 1 saturated heterocycles. The predicted molar refractivity (Wildman–Crippen MR) is 178 cm³/mol. The predicted octanol–water partition coefficient (Wildman–Crippen LogP) is 3.76. The Morgan fingerprint density at radius 2 is 1.65 bits per heavy atom. The Hall–Kier alpha value is -4.67. The molecule has 46 heavy (non-hydrogen) atoms. The molecule has 2 aliphatic rings. The minimum Gasteiger partial charge on any atom is -0.368 e. The third kappa shape index (κ3) is 7.94. The van der Waals surface area contributed by atoms with E-state index in [-0.39, 0.29) is 30.1 Å². The van der Waals surface area contributed by atoms with Gasteiger partial charge in [-0.15, -0.1) is 0 Å². The van der Waals surface area contributed by atoms with Gasteiger partial charge in [-0.25, -0.2) is 0 Å². The monoisotopic (exact) mass is 627 g/mol. The summed E-state index contributed by atoms with van der Waals surface area (Å²) in [6, 6.07) is 17.9. The summed E-state index contributed by atoms with van der Waals surface area (Å²) >= 11 is 0. The second kappa shape index (κ2) is 15.6. The lowest BCUT2D eigenvalue weighted by atomic mass is 9.82. The van der Waals surface area contributed by atoms with Gasteiger partial charge >= 0.3 is 0 Å². The molecule has 2 atom stereocenters. The third-order valence-corrected chi connectivity index (χ3v) is 9.17. The van der Waals surface area contributed by atoms with Crippen molar-refractivity contribution >= 4 is 41.3 Å². The number of aryl methyl sites for hydroxylation is 1. The van der Waals surface area contributed by atoms with Gasteiger partial charge in [0.2, 0.25) is 24.1 Å². The number of carbonyl (C=O) groups excluding carboxylic acids is 4. The second-order valence-corrected chi connectivity index (χ2v) is 12.2. The largest absolute Gasteiger partial charge is 0.368 e. The summed E-state index contributed by atoms with van der Waals surface area (Å²) in [6.45, 7) is 4.38. The lowest BCUT2D eigenvalue weighted by molar-refractivity contribution is -0.136. The first-order chi connectivity index (χ1) is 22.4. The van der Waals surface area contributed by atoms with E-state index in [0.717, 1.165) is 62.9 Å². The summed E-state index contributed by atoms with van der Waals surface area (Å²) < 4.78 is 1.60. The van der Waals surface area contributed by atoms with Crippen molar-refractivity contribution in [1.82, 2.24) is 20.0 Å². The molecule has 5 rings (SSSR count). The molecule has 1 aromatic heterocycles. The van der Waals surface area contributed by atoms with Crippen LogP contribution in [0.4, 0.5) is 17.2 Å². The summed E-state index contributed by atoms with van der Waals surface area (Å²) in [5, 5.41) is 10.2. The summed E-state index contributed by atoms with van der Waals surface area (Å²) in [7, 11) is 1.76. The van der Waals surface area contributed by atoms with Crippen molar-refractivity contribution in [3.05, 3.63) is 72.4 Å². The molecule has 0 bridgehead atoms. The molecule has 244 valence electrons. The van der Waals surface area contributed by atoms with Gasteiger partial charge in [0.15, 0.2) is 0 Å². The highest BCUT2D eigenvalue weighted by atomic mass is 16.2. The molecular formula is C35H45N7O4. The Morgan fingerprint density at radius 3 is 2.26 bits per heavy atom. The Kier molecular flexibility index (Phi) is 11.1. The fraction of sp³-hybridized carbons (Fsp3) is 0.457. The average molecular weight is 628 g/mol. The fourth-order valence-corrected chi connectivity index (χ4v) is 6.62. The average Bonchev–Trinajstić information content (AvgIpc) is 3.53. The van der Waals surface area contributed by atoms with Crippen molar-refractivity contribution in [2.75, 3.05) is 41.3 Å². The Labute approximate surface area is 270 Å². The zero-order valence-corrected chi connectivity index (χ0v) is 26.8. The van der Waals surface area contributed by atoms with Gasteiger partial charge in [-0.2, -0.15) is 5.10 Å². The zero-order valence-electron chi connectivity index (χ0n) is 26.8. The molecule has 4 amide bonds. The van der Waals surface area contributed by atoms with Gasteiger partial charge in [0.1, 0.15) is 17.9 Å².